The fourth-order valence-corrected chi connectivity index (χ4v) is 1.44. The molecular weight excluding hydrogens is 242 g/mol. The van der Waals surface area contributed by atoms with E-state index in [1.807, 2.05) is 6.20 Å². The summed E-state index contributed by atoms with van der Waals surface area (Å²) >= 11 is 5.69. The third-order valence-electron chi connectivity index (χ3n) is 2.06. The van der Waals surface area contributed by atoms with Crippen molar-refractivity contribution in [3.05, 3.63) is 29.9 Å². The molecule has 0 atom stereocenters. The average Bonchev–Trinajstić information content (AvgIpc) is 2.74. The normalized spacial score (nSPS) is 10.5. The molecule has 0 aliphatic heterocycles. The van der Waals surface area contributed by atoms with Crippen LogP contribution in [-0.2, 0) is 11.3 Å². The molecule has 2 rings (SSSR count). The molecule has 7 heteroatoms. The van der Waals surface area contributed by atoms with E-state index in [9.17, 15) is 0 Å². The monoisotopic (exact) mass is 253 g/mol. The summed E-state index contributed by atoms with van der Waals surface area (Å²) in [5.41, 5.74) is 0.843. The summed E-state index contributed by atoms with van der Waals surface area (Å²) in [5, 5.41) is 7.46. The molecule has 0 bridgehead atoms. The lowest BCUT2D eigenvalue weighted by molar-refractivity contribution is 0.183. The van der Waals surface area contributed by atoms with Gasteiger partial charge in [0.1, 0.15) is 5.82 Å². The number of ether oxygens (including phenoxy) is 1. The predicted molar refractivity (Wildman–Crippen MR) is 64.4 cm³/mol. The Morgan fingerprint density at radius 2 is 2.41 bits per heavy atom. The van der Waals surface area contributed by atoms with Gasteiger partial charge in [0.25, 0.3) is 0 Å². The largest absolute Gasteiger partial charge is 0.383 e. The van der Waals surface area contributed by atoms with Crippen LogP contribution in [0.4, 0.5) is 11.5 Å². The van der Waals surface area contributed by atoms with Gasteiger partial charge >= 0.3 is 0 Å². The zero-order valence-corrected chi connectivity index (χ0v) is 10.1. The topological polar surface area (TPSA) is 64.9 Å². The van der Waals surface area contributed by atoms with Gasteiger partial charge in [0, 0.05) is 19.5 Å². The first kappa shape index (κ1) is 11.8. The van der Waals surface area contributed by atoms with Gasteiger partial charge in [-0.2, -0.15) is 5.10 Å². The minimum atomic E-state index is 0.210. The molecule has 1 N–H and O–H groups in total. The summed E-state index contributed by atoms with van der Waals surface area (Å²) in [4.78, 5) is 7.83. The lowest BCUT2D eigenvalue weighted by Gasteiger charge is -2.01. The number of halogens is 1. The minimum Gasteiger partial charge on any atom is -0.383 e. The Morgan fingerprint density at radius 3 is 3.18 bits per heavy atom. The van der Waals surface area contributed by atoms with Gasteiger partial charge in [0.15, 0.2) is 0 Å². The van der Waals surface area contributed by atoms with Gasteiger partial charge in [0.2, 0.25) is 5.28 Å². The van der Waals surface area contributed by atoms with Gasteiger partial charge in [-0.3, -0.25) is 4.68 Å². The number of nitrogens with one attached hydrogen (secondary N) is 1. The van der Waals surface area contributed by atoms with E-state index in [0.29, 0.717) is 19.0 Å². The van der Waals surface area contributed by atoms with Gasteiger partial charge < -0.3 is 10.1 Å². The van der Waals surface area contributed by atoms with Crippen molar-refractivity contribution in [2.45, 2.75) is 6.54 Å². The van der Waals surface area contributed by atoms with Crippen molar-refractivity contribution in [1.29, 1.82) is 0 Å². The smallest absolute Gasteiger partial charge is 0.224 e. The van der Waals surface area contributed by atoms with Crippen LogP contribution in [0.3, 0.4) is 0 Å². The Balaban J connectivity index is 2.01. The average molecular weight is 254 g/mol. The van der Waals surface area contributed by atoms with E-state index in [2.05, 4.69) is 20.4 Å². The first-order chi connectivity index (χ1) is 8.28. The zero-order chi connectivity index (χ0) is 12.1. The fraction of sp³-hybridized carbons (Fsp3) is 0.300. The van der Waals surface area contributed by atoms with Crippen LogP contribution < -0.4 is 5.32 Å². The molecule has 0 saturated heterocycles. The first-order valence-electron chi connectivity index (χ1n) is 5.05. The molecule has 0 aromatic carbocycles. The Morgan fingerprint density at radius 1 is 1.53 bits per heavy atom. The van der Waals surface area contributed by atoms with Crippen LogP contribution in [0.1, 0.15) is 0 Å². The molecule has 0 saturated carbocycles. The lowest BCUT2D eigenvalue weighted by Crippen LogP contribution is -2.03. The maximum atomic E-state index is 5.69. The number of hydrogen-bond donors (Lipinski definition) is 1. The van der Waals surface area contributed by atoms with Crippen molar-refractivity contribution >= 4 is 23.1 Å². The van der Waals surface area contributed by atoms with E-state index in [-0.39, 0.29) is 5.28 Å². The highest BCUT2D eigenvalue weighted by atomic mass is 35.5. The Kier molecular flexibility index (Phi) is 3.89. The SMILES string of the molecule is COCCn1cc(Nc2ccnc(Cl)n2)cn1. The second-order valence-corrected chi connectivity index (χ2v) is 3.66. The quantitative estimate of drug-likeness (QED) is 0.822. The fourth-order valence-electron chi connectivity index (χ4n) is 1.29. The molecule has 90 valence electrons. The van der Waals surface area contributed by atoms with Crippen molar-refractivity contribution in [2.75, 3.05) is 19.0 Å². The van der Waals surface area contributed by atoms with E-state index < -0.39 is 0 Å². The summed E-state index contributed by atoms with van der Waals surface area (Å²) in [6.45, 7) is 1.34. The molecule has 0 fully saturated rings. The summed E-state index contributed by atoms with van der Waals surface area (Å²) in [6, 6.07) is 1.73. The highest BCUT2D eigenvalue weighted by Crippen LogP contribution is 2.13. The van der Waals surface area contributed by atoms with Crippen LogP contribution in [0, 0.1) is 0 Å². The van der Waals surface area contributed by atoms with Crippen molar-refractivity contribution in [3.8, 4) is 0 Å². The maximum Gasteiger partial charge on any atom is 0.224 e. The lowest BCUT2D eigenvalue weighted by atomic mass is 10.5. The highest BCUT2D eigenvalue weighted by Gasteiger charge is 2.00. The number of nitrogens with zero attached hydrogens (tertiary/aromatic N) is 4. The second-order valence-electron chi connectivity index (χ2n) is 3.32. The van der Waals surface area contributed by atoms with Crippen LogP contribution in [-0.4, -0.2) is 33.5 Å². The van der Waals surface area contributed by atoms with Crippen LogP contribution in [0.2, 0.25) is 5.28 Å². The van der Waals surface area contributed by atoms with Crippen molar-refractivity contribution < 1.29 is 4.74 Å². The molecule has 0 amide bonds. The summed E-state index contributed by atoms with van der Waals surface area (Å²) in [6.07, 6.45) is 5.17. The first-order valence-corrected chi connectivity index (χ1v) is 5.42. The third kappa shape index (κ3) is 3.40. The van der Waals surface area contributed by atoms with Gasteiger partial charge in [-0.25, -0.2) is 9.97 Å². The predicted octanol–water partition coefficient (Wildman–Crippen LogP) is 1.72. The number of aromatic nitrogens is 4. The molecule has 0 aliphatic rings. The van der Waals surface area contributed by atoms with E-state index in [1.54, 1.807) is 30.3 Å². The minimum absolute atomic E-state index is 0.210. The van der Waals surface area contributed by atoms with Crippen molar-refractivity contribution in [3.63, 3.8) is 0 Å². The van der Waals surface area contributed by atoms with E-state index in [0.717, 1.165) is 5.69 Å². The number of anilines is 2. The molecule has 2 heterocycles. The van der Waals surface area contributed by atoms with Gasteiger partial charge in [0.05, 0.1) is 25.0 Å². The Labute approximate surface area is 104 Å². The Hall–Kier alpha value is -1.66. The van der Waals surface area contributed by atoms with Gasteiger partial charge in [-0.05, 0) is 17.7 Å². The zero-order valence-electron chi connectivity index (χ0n) is 9.30. The molecule has 2 aromatic rings. The maximum absolute atomic E-state index is 5.69. The molecule has 0 spiro atoms. The van der Waals surface area contributed by atoms with E-state index in [1.165, 1.54) is 0 Å². The molecular formula is C10H12ClN5O. The summed E-state index contributed by atoms with van der Waals surface area (Å²) in [7, 11) is 1.66. The molecule has 2 aromatic heterocycles. The number of methoxy groups -OCH3 is 1. The van der Waals surface area contributed by atoms with Gasteiger partial charge in [-0.1, -0.05) is 0 Å². The summed E-state index contributed by atoms with van der Waals surface area (Å²) in [5.74, 6) is 0.635. The molecule has 6 nitrogen and oxygen atoms in total. The van der Waals surface area contributed by atoms with Crippen molar-refractivity contribution in [1.82, 2.24) is 19.7 Å². The van der Waals surface area contributed by atoms with Crippen LogP contribution >= 0.6 is 11.6 Å². The van der Waals surface area contributed by atoms with Crippen LogP contribution in [0.25, 0.3) is 0 Å². The third-order valence-corrected chi connectivity index (χ3v) is 2.24. The number of rotatable bonds is 5. The summed E-state index contributed by atoms with van der Waals surface area (Å²) < 4.78 is 6.76. The van der Waals surface area contributed by atoms with Crippen molar-refractivity contribution in [2.24, 2.45) is 0 Å². The van der Waals surface area contributed by atoms with E-state index >= 15 is 0 Å². The molecule has 0 radical (unpaired) electrons. The van der Waals surface area contributed by atoms with Gasteiger partial charge in [-0.15, -0.1) is 0 Å². The molecule has 0 aliphatic carbocycles. The molecule has 0 unspecified atom stereocenters. The van der Waals surface area contributed by atoms with E-state index in [4.69, 9.17) is 16.3 Å². The Bertz CT molecular complexity index is 487. The number of hydrogen-bond acceptors (Lipinski definition) is 5. The highest BCUT2D eigenvalue weighted by molar-refractivity contribution is 6.28. The van der Waals surface area contributed by atoms with Crippen LogP contribution in [0.15, 0.2) is 24.7 Å². The second kappa shape index (κ2) is 5.60. The van der Waals surface area contributed by atoms with Crippen LogP contribution in [0.5, 0.6) is 0 Å². The standard InChI is InChI=1S/C10H12ClN5O/c1-17-5-4-16-7-8(6-13-16)14-9-2-3-12-10(11)15-9/h2-3,6-7H,4-5H2,1H3,(H,12,14,15). The molecule has 17 heavy (non-hydrogen) atoms.